The lowest BCUT2D eigenvalue weighted by Gasteiger charge is -2.25. The van der Waals surface area contributed by atoms with Crippen molar-refractivity contribution >= 4 is 26.6 Å². The van der Waals surface area contributed by atoms with Gasteiger partial charge >= 0.3 is 0 Å². The van der Waals surface area contributed by atoms with E-state index in [0.717, 1.165) is 22.2 Å². The Bertz CT molecular complexity index is 1520. The highest BCUT2D eigenvalue weighted by Crippen LogP contribution is 2.37. The minimum Gasteiger partial charge on any atom is -0.496 e. The van der Waals surface area contributed by atoms with Crippen LogP contribution in [0, 0.1) is 19.7 Å². The molecule has 0 bridgehead atoms. The van der Waals surface area contributed by atoms with Gasteiger partial charge in [0.05, 0.1) is 7.11 Å². The smallest absolute Gasteiger partial charge is 0.248 e. The summed E-state index contributed by atoms with van der Waals surface area (Å²) < 4.78 is 52.1. The fourth-order valence-corrected chi connectivity index (χ4v) is 6.08. The quantitative estimate of drug-likeness (QED) is 0.451. The minimum atomic E-state index is -3.70. The molecule has 0 aliphatic carbocycles. The Hall–Kier alpha value is -3.50. The van der Waals surface area contributed by atoms with E-state index in [1.807, 2.05) is 18.2 Å². The molecule has 34 heavy (non-hydrogen) atoms. The number of ether oxygens (including phenoxy) is 1. The average Bonchev–Trinajstić information content (AvgIpc) is 3.42. The lowest BCUT2D eigenvalue weighted by molar-refractivity contribution is 0.389. The number of nitrogens with one attached hydrogen (secondary N) is 1. The highest BCUT2D eigenvalue weighted by molar-refractivity contribution is 7.89. The van der Waals surface area contributed by atoms with Crippen molar-refractivity contribution in [2.45, 2.75) is 25.2 Å². The van der Waals surface area contributed by atoms with Gasteiger partial charge in [-0.3, -0.25) is 0 Å². The number of aryl methyl sites for hydroxylation is 2. The van der Waals surface area contributed by atoms with Gasteiger partial charge in [0.15, 0.2) is 5.76 Å². The average molecular weight is 483 g/mol. The second kappa shape index (κ2) is 8.37. The number of benzene rings is 1. The number of methoxy groups -OCH3 is 1. The van der Waals surface area contributed by atoms with Crippen LogP contribution in [0.1, 0.15) is 23.6 Å². The molecule has 0 fully saturated rings. The Kier molecular flexibility index (Phi) is 5.49. The molecule has 1 aliphatic rings. The third kappa shape index (κ3) is 3.68. The van der Waals surface area contributed by atoms with E-state index in [2.05, 4.69) is 15.1 Å². The van der Waals surface area contributed by atoms with Crippen LogP contribution in [0.5, 0.6) is 5.75 Å². The molecule has 0 saturated carbocycles. The summed E-state index contributed by atoms with van der Waals surface area (Å²) in [6.45, 7) is 3.78. The van der Waals surface area contributed by atoms with Gasteiger partial charge in [0, 0.05) is 35.9 Å². The summed E-state index contributed by atoms with van der Waals surface area (Å²) >= 11 is 0. The molecule has 176 valence electrons. The van der Waals surface area contributed by atoms with Gasteiger partial charge in [0.2, 0.25) is 10.0 Å². The van der Waals surface area contributed by atoms with E-state index >= 15 is 0 Å². The third-order valence-electron chi connectivity index (χ3n) is 6.07. The zero-order valence-corrected chi connectivity index (χ0v) is 19.7. The maximum absolute atomic E-state index is 14.0. The molecule has 0 spiro atoms. The lowest BCUT2D eigenvalue weighted by Crippen LogP contribution is -2.35. The van der Waals surface area contributed by atoms with E-state index in [1.165, 1.54) is 16.4 Å². The normalized spacial score (nSPS) is 15.0. The first-order valence-electron chi connectivity index (χ1n) is 10.7. The standard InChI is InChI=1S/C24H23FN4O4S/c1-14-23(15(2)33-28-14)34(30,31)29-10-7-16(8-11-29)21-13-20-18(6-9-26-24(20)27-21)19-12-17(25)4-5-22(19)32-3/h4-7,9,12-13H,8,10-11H2,1-3H3,(H,26,27). The number of sulfonamides is 1. The summed E-state index contributed by atoms with van der Waals surface area (Å²) in [5.74, 6) is 0.495. The predicted octanol–water partition coefficient (Wildman–Crippen LogP) is 4.46. The number of hydrogen-bond acceptors (Lipinski definition) is 6. The van der Waals surface area contributed by atoms with Crippen molar-refractivity contribution in [2.24, 2.45) is 0 Å². The Labute approximate surface area is 196 Å². The number of pyridine rings is 1. The van der Waals surface area contributed by atoms with E-state index in [1.54, 1.807) is 33.2 Å². The van der Waals surface area contributed by atoms with Crippen LogP contribution in [-0.4, -0.2) is 48.0 Å². The van der Waals surface area contributed by atoms with Gasteiger partial charge in [-0.1, -0.05) is 11.2 Å². The van der Waals surface area contributed by atoms with Gasteiger partial charge in [0.1, 0.15) is 27.8 Å². The Morgan fingerprint density at radius 3 is 2.68 bits per heavy atom. The van der Waals surface area contributed by atoms with Gasteiger partial charge in [-0.25, -0.2) is 17.8 Å². The van der Waals surface area contributed by atoms with Crippen molar-refractivity contribution in [1.29, 1.82) is 0 Å². The van der Waals surface area contributed by atoms with Crippen molar-refractivity contribution in [3.8, 4) is 16.9 Å². The lowest BCUT2D eigenvalue weighted by atomic mass is 10.0. The Morgan fingerprint density at radius 2 is 2.00 bits per heavy atom. The van der Waals surface area contributed by atoms with Crippen LogP contribution in [-0.2, 0) is 10.0 Å². The summed E-state index contributed by atoms with van der Waals surface area (Å²) in [6.07, 6.45) is 4.08. The third-order valence-corrected chi connectivity index (χ3v) is 8.18. The van der Waals surface area contributed by atoms with Gasteiger partial charge in [0.25, 0.3) is 0 Å². The highest BCUT2D eigenvalue weighted by Gasteiger charge is 2.32. The van der Waals surface area contributed by atoms with E-state index in [0.29, 0.717) is 35.6 Å². The summed E-state index contributed by atoms with van der Waals surface area (Å²) in [6, 6.07) is 8.19. The number of rotatable bonds is 5. The van der Waals surface area contributed by atoms with E-state index in [-0.39, 0.29) is 23.0 Å². The predicted molar refractivity (Wildman–Crippen MR) is 125 cm³/mol. The maximum atomic E-state index is 14.0. The first kappa shape index (κ1) is 22.3. The first-order chi connectivity index (χ1) is 16.3. The zero-order valence-electron chi connectivity index (χ0n) is 18.9. The van der Waals surface area contributed by atoms with Crippen LogP contribution in [0.2, 0.25) is 0 Å². The zero-order chi connectivity index (χ0) is 24.0. The highest BCUT2D eigenvalue weighted by atomic mass is 32.2. The van der Waals surface area contributed by atoms with Crippen molar-refractivity contribution in [3.05, 3.63) is 65.6 Å². The molecule has 0 atom stereocenters. The Morgan fingerprint density at radius 1 is 1.18 bits per heavy atom. The molecule has 4 aromatic rings. The topological polar surface area (TPSA) is 101 Å². The summed E-state index contributed by atoms with van der Waals surface area (Å²) in [7, 11) is -2.16. The molecule has 8 nitrogen and oxygen atoms in total. The van der Waals surface area contributed by atoms with Gasteiger partial charge in [-0.15, -0.1) is 0 Å². The monoisotopic (exact) mass is 482 g/mol. The fourth-order valence-electron chi connectivity index (χ4n) is 4.41. The largest absolute Gasteiger partial charge is 0.496 e. The molecule has 0 radical (unpaired) electrons. The summed E-state index contributed by atoms with van der Waals surface area (Å²) in [5.41, 5.74) is 4.28. The first-order valence-corrected chi connectivity index (χ1v) is 12.2. The summed E-state index contributed by atoms with van der Waals surface area (Å²) in [5, 5.41) is 4.60. The van der Waals surface area contributed by atoms with Crippen LogP contribution >= 0.6 is 0 Å². The molecular weight excluding hydrogens is 459 g/mol. The van der Waals surface area contributed by atoms with Crippen LogP contribution < -0.4 is 4.74 Å². The van der Waals surface area contributed by atoms with Crippen molar-refractivity contribution < 1.29 is 22.1 Å². The molecule has 0 saturated heterocycles. The van der Waals surface area contributed by atoms with Crippen LogP contribution in [0.4, 0.5) is 4.39 Å². The second-order valence-corrected chi connectivity index (χ2v) is 10.0. The molecule has 4 heterocycles. The number of H-pyrrole nitrogens is 1. The number of aromatic amines is 1. The second-order valence-electron chi connectivity index (χ2n) is 8.14. The van der Waals surface area contributed by atoms with E-state index in [9.17, 15) is 12.8 Å². The van der Waals surface area contributed by atoms with Gasteiger partial charge in [-0.2, -0.15) is 4.31 Å². The molecule has 0 unspecified atom stereocenters. The molecule has 3 aromatic heterocycles. The van der Waals surface area contributed by atoms with Crippen molar-refractivity contribution in [1.82, 2.24) is 19.4 Å². The van der Waals surface area contributed by atoms with Crippen molar-refractivity contribution in [2.75, 3.05) is 20.2 Å². The molecule has 10 heteroatoms. The molecule has 5 rings (SSSR count). The van der Waals surface area contributed by atoms with E-state index < -0.39 is 10.0 Å². The Balaban J connectivity index is 1.48. The number of halogens is 1. The van der Waals surface area contributed by atoms with Crippen LogP contribution in [0.3, 0.4) is 0 Å². The number of nitrogens with zero attached hydrogens (tertiary/aromatic N) is 3. The molecule has 1 N–H and O–H groups in total. The number of hydrogen-bond donors (Lipinski definition) is 1. The molecule has 1 aliphatic heterocycles. The van der Waals surface area contributed by atoms with Crippen molar-refractivity contribution in [3.63, 3.8) is 0 Å². The van der Waals surface area contributed by atoms with Crippen LogP contribution in [0.15, 0.2) is 52.0 Å². The van der Waals surface area contributed by atoms with Crippen LogP contribution in [0.25, 0.3) is 27.7 Å². The fraction of sp³-hybridized carbons (Fsp3) is 0.250. The molecule has 1 aromatic carbocycles. The van der Waals surface area contributed by atoms with Gasteiger partial charge < -0.3 is 14.2 Å². The van der Waals surface area contributed by atoms with E-state index in [4.69, 9.17) is 9.26 Å². The van der Waals surface area contributed by atoms with Gasteiger partial charge in [-0.05, 0) is 61.7 Å². The molecule has 0 amide bonds. The number of fused-ring (bicyclic) bond motifs is 1. The number of aromatic nitrogens is 3. The SMILES string of the molecule is COc1ccc(F)cc1-c1ccnc2[nH]c(C3=CCN(S(=O)(=O)c4c(C)noc4C)CC3)cc12. The summed E-state index contributed by atoms with van der Waals surface area (Å²) in [4.78, 5) is 7.88. The maximum Gasteiger partial charge on any atom is 0.248 e. The minimum absolute atomic E-state index is 0.132. The molecular formula is C24H23FN4O4S.